The van der Waals surface area contributed by atoms with Gasteiger partial charge in [-0.05, 0) is 48.2 Å². The number of nitrogens with one attached hydrogen (secondary N) is 2. The van der Waals surface area contributed by atoms with Gasteiger partial charge in [-0.3, -0.25) is 0 Å². The Balaban J connectivity index is 1.84. The summed E-state index contributed by atoms with van der Waals surface area (Å²) in [6, 6.07) is 13.0. The van der Waals surface area contributed by atoms with Crippen LogP contribution in [0.3, 0.4) is 0 Å². The van der Waals surface area contributed by atoms with Crippen molar-refractivity contribution in [2.24, 2.45) is 0 Å². The van der Waals surface area contributed by atoms with Crippen LogP contribution in [0.25, 0.3) is 11.0 Å². The highest BCUT2D eigenvalue weighted by atomic mass is 15.0. The molecule has 0 fully saturated rings. The first-order valence-electron chi connectivity index (χ1n) is 7.48. The van der Waals surface area contributed by atoms with E-state index in [2.05, 4.69) is 60.5 Å². The Morgan fingerprint density at radius 3 is 2.81 bits per heavy atom. The zero-order valence-corrected chi connectivity index (χ0v) is 12.4. The third kappa shape index (κ3) is 2.05. The van der Waals surface area contributed by atoms with Crippen LogP contribution in [0.2, 0.25) is 0 Å². The van der Waals surface area contributed by atoms with Crippen molar-refractivity contribution in [3.63, 3.8) is 0 Å². The molecule has 3 heteroatoms. The van der Waals surface area contributed by atoms with E-state index in [0.29, 0.717) is 5.92 Å². The third-order valence-electron chi connectivity index (χ3n) is 4.54. The monoisotopic (exact) mass is 277 g/mol. The second-order valence-corrected chi connectivity index (χ2v) is 5.96. The fourth-order valence-electron chi connectivity index (χ4n) is 3.19. The Kier molecular flexibility index (Phi) is 2.82. The zero-order valence-electron chi connectivity index (χ0n) is 12.4. The smallest absolute Gasteiger partial charge is 0.116 e. The predicted octanol–water partition coefficient (Wildman–Crippen LogP) is 3.41. The molecule has 0 amide bonds. The second-order valence-electron chi connectivity index (χ2n) is 5.96. The minimum Gasteiger partial charge on any atom is -0.341 e. The summed E-state index contributed by atoms with van der Waals surface area (Å²) in [5.74, 6) is 1.37. The zero-order chi connectivity index (χ0) is 14.4. The second kappa shape index (κ2) is 4.71. The van der Waals surface area contributed by atoms with Gasteiger partial charge in [-0.25, -0.2) is 4.98 Å². The van der Waals surface area contributed by atoms with Gasteiger partial charge in [-0.2, -0.15) is 0 Å². The maximum atomic E-state index is 4.84. The average molecular weight is 277 g/mol. The SMILES string of the molecule is Cc1cc2nc(C3CNCc4ccccc43)[nH]c2cc1C. The van der Waals surface area contributed by atoms with Crippen LogP contribution in [0.4, 0.5) is 0 Å². The van der Waals surface area contributed by atoms with Gasteiger partial charge in [0.25, 0.3) is 0 Å². The molecule has 4 rings (SSSR count). The van der Waals surface area contributed by atoms with Crippen LogP contribution >= 0.6 is 0 Å². The van der Waals surface area contributed by atoms with Gasteiger partial charge >= 0.3 is 0 Å². The highest BCUT2D eigenvalue weighted by Gasteiger charge is 2.23. The lowest BCUT2D eigenvalue weighted by atomic mass is 9.90. The number of aromatic amines is 1. The molecule has 0 aliphatic carbocycles. The van der Waals surface area contributed by atoms with E-state index < -0.39 is 0 Å². The quantitative estimate of drug-likeness (QED) is 0.715. The summed E-state index contributed by atoms with van der Waals surface area (Å²) in [6.07, 6.45) is 0. The number of fused-ring (bicyclic) bond motifs is 2. The minimum absolute atomic E-state index is 0.308. The van der Waals surface area contributed by atoms with Crippen LogP contribution in [0, 0.1) is 13.8 Å². The molecule has 2 heterocycles. The van der Waals surface area contributed by atoms with Gasteiger partial charge in [0.15, 0.2) is 0 Å². The maximum Gasteiger partial charge on any atom is 0.116 e. The van der Waals surface area contributed by atoms with E-state index in [9.17, 15) is 0 Å². The Labute approximate surface area is 124 Å². The van der Waals surface area contributed by atoms with Crippen molar-refractivity contribution in [3.05, 3.63) is 64.5 Å². The lowest BCUT2D eigenvalue weighted by Crippen LogP contribution is -2.29. The molecule has 0 spiro atoms. The highest BCUT2D eigenvalue weighted by Crippen LogP contribution is 2.30. The molecule has 0 saturated carbocycles. The number of benzene rings is 2. The summed E-state index contributed by atoms with van der Waals surface area (Å²) in [7, 11) is 0. The summed E-state index contributed by atoms with van der Waals surface area (Å²) >= 11 is 0. The molecule has 2 N–H and O–H groups in total. The first kappa shape index (κ1) is 12.6. The summed E-state index contributed by atoms with van der Waals surface area (Å²) < 4.78 is 0. The number of H-pyrrole nitrogens is 1. The molecule has 1 aromatic heterocycles. The number of nitrogens with zero attached hydrogens (tertiary/aromatic N) is 1. The molecule has 21 heavy (non-hydrogen) atoms. The normalized spacial score (nSPS) is 17.9. The van der Waals surface area contributed by atoms with Crippen molar-refractivity contribution in [2.45, 2.75) is 26.3 Å². The summed E-state index contributed by atoms with van der Waals surface area (Å²) in [4.78, 5) is 8.36. The van der Waals surface area contributed by atoms with E-state index in [4.69, 9.17) is 4.98 Å². The lowest BCUT2D eigenvalue weighted by Gasteiger charge is -2.24. The van der Waals surface area contributed by atoms with Crippen LogP contribution in [-0.2, 0) is 6.54 Å². The molecule has 1 atom stereocenters. The fraction of sp³-hybridized carbons (Fsp3) is 0.278. The summed E-state index contributed by atoms with van der Waals surface area (Å²) in [5.41, 5.74) is 7.57. The van der Waals surface area contributed by atoms with Gasteiger partial charge in [0.1, 0.15) is 5.82 Å². The van der Waals surface area contributed by atoms with E-state index in [0.717, 1.165) is 29.9 Å². The van der Waals surface area contributed by atoms with Crippen LogP contribution in [-0.4, -0.2) is 16.5 Å². The van der Waals surface area contributed by atoms with Crippen molar-refractivity contribution in [1.29, 1.82) is 0 Å². The van der Waals surface area contributed by atoms with E-state index in [1.54, 1.807) is 0 Å². The van der Waals surface area contributed by atoms with Gasteiger partial charge in [-0.15, -0.1) is 0 Å². The molecular formula is C18H19N3. The van der Waals surface area contributed by atoms with Crippen molar-refractivity contribution in [2.75, 3.05) is 6.54 Å². The molecule has 0 saturated heterocycles. The molecule has 1 unspecified atom stereocenters. The Hall–Kier alpha value is -2.13. The fourth-order valence-corrected chi connectivity index (χ4v) is 3.19. The van der Waals surface area contributed by atoms with E-state index >= 15 is 0 Å². The number of aryl methyl sites for hydroxylation is 2. The number of hydrogen-bond acceptors (Lipinski definition) is 2. The summed E-state index contributed by atoms with van der Waals surface area (Å²) in [5, 5.41) is 3.50. The largest absolute Gasteiger partial charge is 0.341 e. The topological polar surface area (TPSA) is 40.7 Å². The number of imidazole rings is 1. The Morgan fingerprint density at radius 1 is 1.10 bits per heavy atom. The van der Waals surface area contributed by atoms with Crippen molar-refractivity contribution in [3.8, 4) is 0 Å². The number of rotatable bonds is 1. The molecular weight excluding hydrogens is 258 g/mol. The molecule has 1 aliphatic heterocycles. The third-order valence-corrected chi connectivity index (χ3v) is 4.54. The molecule has 0 radical (unpaired) electrons. The molecule has 0 bridgehead atoms. The lowest BCUT2D eigenvalue weighted by molar-refractivity contribution is 0.576. The average Bonchev–Trinajstić information content (AvgIpc) is 2.90. The van der Waals surface area contributed by atoms with Crippen molar-refractivity contribution < 1.29 is 0 Å². The van der Waals surface area contributed by atoms with E-state index in [1.807, 2.05) is 0 Å². The van der Waals surface area contributed by atoms with E-state index in [-0.39, 0.29) is 0 Å². The van der Waals surface area contributed by atoms with Crippen molar-refractivity contribution in [1.82, 2.24) is 15.3 Å². The molecule has 1 aliphatic rings. The van der Waals surface area contributed by atoms with Gasteiger partial charge in [0.2, 0.25) is 0 Å². The molecule has 106 valence electrons. The van der Waals surface area contributed by atoms with Gasteiger partial charge in [-0.1, -0.05) is 24.3 Å². The summed E-state index contributed by atoms with van der Waals surface area (Å²) in [6.45, 7) is 6.17. The standard InChI is InChI=1S/C18H19N3/c1-11-7-16-17(8-12(11)2)21-18(20-16)15-10-19-9-13-5-3-4-6-14(13)15/h3-8,15,19H,9-10H2,1-2H3,(H,20,21). The van der Waals surface area contributed by atoms with E-state index in [1.165, 1.54) is 22.3 Å². The van der Waals surface area contributed by atoms with Crippen LogP contribution in [0.1, 0.15) is 34.0 Å². The first-order chi connectivity index (χ1) is 10.2. The van der Waals surface area contributed by atoms with Gasteiger partial charge < -0.3 is 10.3 Å². The Bertz CT molecular complexity index is 777. The minimum atomic E-state index is 0.308. The molecule has 3 aromatic rings. The molecule has 2 aromatic carbocycles. The van der Waals surface area contributed by atoms with Crippen LogP contribution < -0.4 is 5.32 Å². The maximum absolute atomic E-state index is 4.84. The van der Waals surface area contributed by atoms with Crippen molar-refractivity contribution >= 4 is 11.0 Å². The van der Waals surface area contributed by atoms with Gasteiger partial charge in [0.05, 0.1) is 17.0 Å². The highest BCUT2D eigenvalue weighted by molar-refractivity contribution is 5.77. The molecule has 3 nitrogen and oxygen atoms in total. The van der Waals surface area contributed by atoms with Gasteiger partial charge in [0, 0.05) is 13.1 Å². The number of aromatic nitrogens is 2. The number of hydrogen-bond donors (Lipinski definition) is 2. The van der Waals surface area contributed by atoms with Crippen LogP contribution in [0.5, 0.6) is 0 Å². The Morgan fingerprint density at radius 2 is 1.90 bits per heavy atom. The predicted molar refractivity (Wildman–Crippen MR) is 85.6 cm³/mol. The van der Waals surface area contributed by atoms with Crippen LogP contribution in [0.15, 0.2) is 36.4 Å². The first-order valence-corrected chi connectivity index (χ1v) is 7.48.